The molecule has 2 aromatic carbocycles. The van der Waals surface area contributed by atoms with E-state index in [4.69, 9.17) is 0 Å². The van der Waals surface area contributed by atoms with Crippen LogP contribution in [-0.4, -0.2) is 53.9 Å². The molecule has 2 heterocycles. The normalized spacial score (nSPS) is 20.4. The quantitative estimate of drug-likeness (QED) is 0.397. The number of rotatable bonds is 4. The molecule has 0 saturated carbocycles. The third-order valence-corrected chi connectivity index (χ3v) is 5.86. The largest absolute Gasteiger partial charge is 0.369 e. The lowest BCUT2D eigenvalue weighted by Gasteiger charge is -2.38. The summed E-state index contributed by atoms with van der Waals surface area (Å²) in [5.41, 5.74) is 1.57. The van der Waals surface area contributed by atoms with Crippen molar-refractivity contribution in [1.29, 1.82) is 0 Å². The van der Waals surface area contributed by atoms with E-state index < -0.39 is 11.0 Å². The zero-order chi connectivity index (χ0) is 20.5. The van der Waals surface area contributed by atoms with Crippen LogP contribution in [0.1, 0.15) is 6.42 Å². The molecule has 9 heteroatoms. The number of hydrogen-bond donors (Lipinski definition) is 0. The highest BCUT2D eigenvalue weighted by molar-refractivity contribution is 9.10. The highest BCUT2D eigenvalue weighted by atomic mass is 79.9. The number of carbonyl (C=O) groups is 2. The fourth-order valence-corrected chi connectivity index (χ4v) is 4.25. The van der Waals surface area contributed by atoms with Gasteiger partial charge in [-0.2, -0.15) is 0 Å². The number of nitro benzene ring substituents is 1. The molecule has 0 aromatic heterocycles. The fourth-order valence-electron chi connectivity index (χ4n) is 3.86. The van der Waals surface area contributed by atoms with Gasteiger partial charge in [-0.1, -0.05) is 22.0 Å². The number of anilines is 2. The maximum atomic E-state index is 13.0. The van der Waals surface area contributed by atoms with Crippen molar-refractivity contribution in [1.82, 2.24) is 4.90 Å². The van der Waals surface area contributed by atoms with Crippen molar-refractivity contribution in [2.75, 3.05) is 36.0 Å². The first-order chi connectivity index (χ1) is 13.9. The summed E-state index contributed by atoms with van der Waals surface area (Å²) in [5.74, 6) is -0.368. The number of imide groups is 1. The molecule has 0 bridgehead atoms. The van der Waals surface area contributed by atoms with E-state index in [2.05, 4.69) is 25.7 Å². The van der Waals surface area contributed by atoms with E-state index in [0.717, 1.165) is 10.2 Å². The Morgan fingerprint density at radius 2 is 1.66 bits per heavy atom. The standard InChI is InChI=1S/C20H19BrN4O4/c21-14-2-1-3-17(12-14)24-19(26)13-18(20(24)27)23-10-8-22(9-11-23)15-4-6-16(7-5-15)25(28)29/h1-7,12,18H,8-11,13H2. The van der Waals surface area contributed by atoms with Crippen molar-refractivity contribution in [2.45, 2.75) is 12.5 Å². The Labute approximate surface area is 176 Å². The monoisotopic (exact) mass is 458 g/mol. The van der Waals surface area contributed by atoms with Crippen LogP contribution in [0.2, 0.25) is 0 Å². The number of amides is 2. The summed E-state index contributed by atoms with van der Waals surface area (Å²) in [6.45, 7) is 2.67. The number of hydrogen-bond acceptors (Lipinski definition) is 6. The summed E-state index contributed by atoms with van der Waals surface area (Å²) in [7, 11) is 0. The number of piperazine rings is 1. The third kappa shape index (κ3) is 3.88. The van der Waals surface area contributed by atoms with Crippen LogP contribution in [0.25, 0.3) is 0 Å². The molecule has 1 unspecified atom stereocenters. The van der Waals surface area contributed by atoms with Crippen LogP contribution in [0.4, 0.5) is 17.1 Å². The van der Waals surface area contributed by atoms with Gasteiger partial charge in [0.1, 0.15) is 0 Å². The Kier molecular flexibility index (Phi) is 5.33. The molecule has 2 aliphatic rings. The van der Waals surface area contributed by atoms with Gasteiger partial charge in [0.05, 0.1) is 23.1 Å². The molecule has 0 spiro atoms. The van der Waals surface area contributed by atoms with Crippen LogP contribution >= 0.6 is 15.9 Å². The van der Waals surface area contributed by atoms with Crippen LogP contribution in [-0.2, 0) is 9.59 Å². The van der Waals surface area contributed by atoms with Crippen molar-refractivity contribution in [3.8, 4) is 0 Å². The zero-order valence-corrected chi connectivity index (χ0v) is 17.1. The molecule has 1 atom stereocenters. The van der Waals surface area contributed by atoms with Gasteiger partial charge in [0.25, 0.3) is 11.6 Å². The molecule has 29 heavy (non-hydrogen) atoms. The Bertz CT molecular complexity index is 957. The molecule has 2 saturated heterocycles. The first-order valence-corrected chi connectivity index (χ1v) is 10.1. The maximum absolute atomic E-state index is 13.0. The Hall–Kier alpha value is -2.78. The number of benzene rings is 2. The van der Waals surface area contributed by atoms with E-state index in [-0.39, 0.29) is 23.9 Å². The molecule has 0 N–H and O–H groups in total. The lowest BCUT2D eigenvalue weighted by Crippen LogP contribution is -2.52. The summed E-state index contributed by atoms with van der Waals surface area (Å²) in [6, 6.07) is 13.2. The minimum absolute atomic E-state index is 0.0649. The number of nitro groups is 1. The molecular weight excluding hydrogens is 440 g/mol. The molecular formula is C20H19BrN4O4. The minimum Gasteiger partial charge on any atom is -0.369 e. The van der Waals surface area contributed by atoms with Crippen LogP contribution < -0.4 is 9.80 Å². The highest BCUT2D eigenvalue weighted by Crippen LogP contribution is 2.29. The van der Waals surface area contributed by atoms with Gasteiger partial charge in [0.15, 0.2) is 0 Å². The molecule has 2 aromatic rings. The molecule has 0 aliphatic carbocycles. The van der Waals surface area contributed by atoms with E-state index in [0.29, 0.717) is 31.9 Å². The minimum atomic E-state index is -0.444. The molecule has 8 nitrogen and oxygen atoms in total. The lowest BCUT2D eigenvalue weighted by molar-refractivity contribution is -0.384. The lowest BCUT2D eigenvalue weighted by atomic mass is 10.1. The summed E-state index contributed by atoms with van der Waals surface area (Å²) in [4.78, 5) is 41.3. The van der Waals surface area contributed by atoms with Gasteiger partial charge in [-0.15, -0.1) is 0 Å². The zero-order valence-electron chi connectivity index (χ0n) is 15.5. The Morgan fingerprint density at radius 3 is 2.28 bits per heavy atom. The average Bonchev–Trinajstić information content (AvgIpc) is 3.02. The molecule has 150 valence electrons. The predicted octanol–water partition coefficient (Wildman–Crippen LogP) is 2.81. The van der Waals surface area contributed by atoms with Crippen LogP contribution in [0.5, 0.6) is 0 Å². The van der Waals surface area contributed by atoms with Gasteiger partial charge in [0, 0.05) is 48.5 Å². The average molecular weight is 459 g/mol. The second-order valence-corrected chi connectivity index (χ2v) is 7.98. The van der Waals surface area contributed by atoms with Gasteiger partial charge in [-0.3, -0.25) is 24.6 Å². The van der Waals surface area contributed by atoms with Gasteiger partial charge in [-0.25, -0.2) is 4.90 Å². The Balaban J connectivity index is 1.41. The van der Waals surface area contributed by atoms with E-state index in [9.17, 15) is 19.7 Å². The smallest absolute Gasteiger partial charge is 0.269 e. The van der Waals surface area contributed by atoms with E-state index in [1.807, 2.05) is 6.07 Å². The second kappa shape index (κ2) is 7.92. The fraction of sp³-hybridized carbons (Fsp3) is 0.300. The molecule has 0 radical (unpaired) electrons. The summed E-state index contributed by atoms with van der Waals surface area (Å²) in [6.07, 6.45) is 0.183. The van der Waals surface area contributed by atoms with Crippen molar-refractivity contribution in [3.05, 3.63) is 63.1 Å². The highest BCUT2D eigenvalue weighted by Gasteiger charge is 2.43. The molecule has 2 amide bonds. The third-order valence-electron chi connectivity index (χ3n) is 5.37. The summed E-state index contributed by atoms with van der Waals surface area (Å²) in [5, 5.41) is 10.8. The van der Waals surface area contributed by atoms with E-state index in [1.54, 1.807) is 30.3 Å². The van der Waals surface area contributed by atoms with Crippen LogP contribution in [0, 0.1) is 10.1 Å². The van der Waals surface area contributed by atoms with Gasteiger partial charge in [0.2, 0.25) is 5.91 Å². The van der Waals surface area contributed by atoms with Gasteiger partial charge < -0.3 is 4.90 Å². The second-order valence-electron chi connectivity index (χ2n) is 7.06. The van der Waals surface area contributed by atoms with Crippen molar-refractivity contribution < 1.29 is 14.5 Å². The van der Waals surface area contributed by atoms with Crippen molar-refractivity contribution in [2.24, 2.45) is 0 Å². The number of non-ortho nitro benzene ring substituents is 1. The van der Waals surface area contributed by atoms with Crippen molar-refractivity contribution in [3.63, 3.8) is 0 Å². The van der Waals surface area contributed by atoms with E-state index in [1.165, 1.54) is 17.0 Å². The first-order valence-electron chi connectivity index (χ1n) is 9.30. The summed E-state index contributed by atoms with van der Waals surface area (Å²) < 4.78 is 0.816. The SMILES string of the molecule is O=C1CC(N2CCN(c3ccc([N+](=O)[O-])cc3)CC2)C(=O)N1c1cccc(Br)c1. The summed E-state index contributed by atoms with van der Waals surface area (Å²) >= 11 is 3.38. The van der Waals surface area contributed by atoms with Crippen molar-refractivity contribution >= 4 is 44.8 Å². The Morgan fingerprint density at radius 1 is 0.966 bits per heavy atom. The first kappa shape index (κ1) is 19.5. The number of carbonyl (C=O) groups excluding carboxylic acids is 2. The number of nitrogens with zero attached hydrogens (tertiary/aromatic N) is 4. The van der Waals surface area contributed by atoms with E-state index >= 15 is 0 Å². The van der Waals surface area contributed by atoms with Gasteiger partial charge in [-0.05, 0) is 30.3 Å². The predicted molar refractivity (Wildman–Crippen MR) is 112 cm³/mol. The molecule has 4 rings (SSSR count). The van der Waals surface area contributed by atoms with Gasteiger partial charge >= 0.3 is 0 Å². The van der Waals surface area contributed by atoms with Crippen LogP contribution in [0.3, 0.4) is 0 Å². The topological polar surface area (TPSA) is 87.0 Å². The molecule has 2 aliphatic heterocycles. The number of halogens is 1. The van der Waals surface area contributed by atoms with Crippen LogP contribution in [0.15, 0.2) is 53.0 Å². The molecule has 2 fully saturated rings. The maximum Gasteiger partial charge on any atom is 0.269 e.